The number of pyridine rings is 1. The van der Waals surface area contributed by atoms with E-state index in [1.54, 1.807) is 23.2 Å². The van der Waals surface area contributed by atoms with Gasteiger partial charge in [0.15, 0.2) is 0 Å². The lowest BCUT2D eigenvalue weighted by atomic mass is 10.1. The molecule has 2 aromatic carbocycles. The van der Waals surface area contributed by atoms with Crippen LogP contribution in [0.1, 0.15) is 33.1 Å². The maximum atomic E-state index is 13.1. The average Bonchev–Trinajstić information content (AvgIpc) is 3.26. The zero-order valence-electron chi connectivity index (χ0n) is 19.5. The topological polar surface area (TPSA) is 66.0 Å². The van der Waals surface area contributed by atoms with Gasteiger partial charge in [-0.1, -0.05) is 48.0 Å². The number of nitrogens with zero attached hydrogens (tertiary/aromatic N) is 4. The van der Waals surface area contributed by atoms with E-state index in [1.807, 2.05) is 35.2 Å². The minimum Gasteiger partial charge on any atom is -0.447 e. The van der Waals surface area contributed by atoms with Crippen molar-refractivity contribution in [3.05, 3.63) is 89.1 Å². The van der Waals surface area contributed by atoms with E-state index in [-0.39, 0.29) is 18.6 Å². The van der Waals surface area contributed by atoms with Crippen molar-refractivity contribution in [1.82, 2.24) is 9.88 Å². The molecule has 0 radical (unpaired) electrons. The third kappa shape index (κ3) is 4.21. The Balaban J connectivity index is 1.26. The molecule has 2 amide bonds. The Kier molecular flexibility index (Phi) is 5.92. The van der Waals surface area contributed by atoms with Crippen LogP contribution in [0.2, 0.25) is 0 Å². The van der Waals surface area contributed by atoms with E-state index in [0.29, 0.717) is 24.5 Å². The summed E-state index contributed by atoms with van der Waals surface area (Å²) in [5.74, 6) is 0.440. The summed E-state index contributed by atoms with van der Waals surface area (Å²) in [5.41, 5.74) is 5.25. The van der Waals surface area contributed by atoms with E-state index in [0.717, 1.165) is 18.7 Å². The second-order valence-corrected chi connectivity index (χ2v) is 8.85. The molecular formula is C27H28N4O3. The molecule has 1 aromatic heterocycles. The second kappa shape index (κ2) is 9.17. The van der Waals surface area contributed by atoms with E-state index >= 15 is 0 Å². The van der Waals surface area contributed by atoms with Crippen molar-refractivity contribution < 1.29 is 14.3 Å². The number of cyclic esters (lactones) is 1. The zero-order valence-corrected chi connectivity index (χ0v) is 19.5. The number of hydrogen-bond acceptors (Lipinski definition) is 5. The third-order valence-electron chi connectivity index (χ3n) is 6.56. The second-order valence-electron chi connectivity index (χ2n) is 8.85. The molecule has 0 N–H and O–H groups in total. The van der Waals surface area contributed by atoms with Gasteiger partial charge < -0.3 is 14.5 Å². The van der Waals surface area contributed by atoms with Gasteiger partial charge >= 0.3 is 6.09 Å². The quantitative estimate of drug-likeness (QED) is 0.584. The largest absolute Gasteiger partial charge is 0.447 e. The molecule has 1 atom stereocenters. The molecule has 7 nitrogen and oxygen atoms in total. The molecule has 2 saturated heterocycles. The molecule has 2 aliphatic heterocycles. The molecule has 3 aromatic rings. The lowest BCUT2D eigenvalue weighted by Gasteiger charge is -2.37. The smallest absolute Gasteiger partial charge is 0.416 e. The normalized spacial score (nSPS) is 18.2. The van der Waals surface area contributed by atoms with Crippen molar-refractivity contribution in [2.75, 3.05) is 42.6 Å². The molecule has 1 unspecified atom stereocenters. The number of anilines is 2. The van der Waals surface area contributed by atoms with Crippen LogP contribution < -0.4 is 9.80 Å². The number of aryl methyl sites for hydroxylation is 2. The lowest BCUT2D eigenvalue weighted by molar-refractivity contribution is 0.0746. The summed E-state index contributed by atoms with van der Waals surface area (Å²) in [5, 5.41) is 0. The number of ether oxygens (including phenoxy) is 1. The van der Waals surface area contributed by atoms with Crippen LogP contribution in [0, 0.1) is 13.8 Å². The number of carbonyl (C=O) groups is 2. The Labute approximate surface area is 199 Å². The molecule has 2 aliphatic rings. The van der Waals surface area contributed by atoms with E-state index in [1.165, 1.54) is 16.8 Å². The highest BCUT2D eigenvalue weighted by atomic mass is 16.6. The molecular weight excluding hydrogens is 428 g/mol. The maximum absolute atomic E-state index is 13.1. The standard InChI is InChI=1S/C27H28N4O3/c1-19-8-10-23(20(2)16-19)29-12-14-30(15-13-29)26(32)22-9-11-25(28-17-22)31-24(18-34-27(31)33)21-6-4-3-5-7-21/h3-11,16-17,24H,12-15,18H2,1-2H3. The van der Waals surface area contributed by atoms with Gasteiger partial charge in [0.05, 0.1) is 5.56 Å². The van der Waals surface area contributed by atoms with Gasteiger partial charge in [-0.2, -0.15) is 0 Å². The van der Waals surface area contributed by atoms with Crippen LogP contribution in [0.3, 0.4) is 0 Å². The first-order valence-corrected chi connectivity index (χ1v) is 11.6. The molecule has 7 heteroatoms. The van der Waals surface area contributed by atoms with Crippen LogP contribution in [0.15, 0.2) is 66.9 Å². The number of rotatable bonds is 4. The van der Waals surface area contributed by atoms with Crippen molar-refractivity contribution in [2.45, 2.75) is 19.9 Å². The summed E-state index contributed by atoms with van der Waals surface area (Å²) >= 11 is 0. The predicted octanol–water partition coefficient (Wildman–Crippen LogP) is 4.36. The minimum absolute atomic E-state index is 0.0389. The Morgan fingerprint density at radius 3 is 2.41 bits per heavy atom. The fraction of sp³-hybridized carbons (Fsp3) is 0.296. The number of benzene rings is 2. The van der Waals surface area contributed by atoms with Crippen LogP contribution in [0.5, 0.6) is 0 Å². The highest BCUT2D eigenvalue weighted by Gasteiger charge is 2.36. The summed E-state index contributed by atoms with van der Waals surface area (Å²) in [6, 6.07) is 19.5. The van der Waals surface area contributed by atoms with Crippen molar-refractivity contribution in [2.24, 2.45) is 0 Å². The summed E-state index contributed by atoms with van der Waals surface area (Å²) in [6.45, 7) is 7.40. The van der Waals surface area contributed by atoms with Gasteiger partial charge in [0, 0.05) is 38.1 Å². The predicted molar refractivity (Wildman–Crippen MR) is 131 cm³/mol. The minimum atomic E-state index is -0.428. The van der Waals surface area contributed by atoms with Crippen LogP contribution >= 0.6 is 0 Å². The first-order valence-electron chi connectivity index (χ1n) is 11.6. The van der Waals surface area contributed by atoms with E-state index < -0.39 is 6.09 Å². The van der Waals surface area contributed by atoms with Crippen molar-refractivity contribution >= 4 is 23.5 Å². The fourth-order valence-corrected chi connectivity index (χ4v) is 4.74. The summed E-state index contributed by atoms with van der Waals surface area (Å²) in [4.78, 5) is 35.7. The van der Waals surface area contributed by atoms with Crippen LogP contribution in [-0.4, -0.2) is 54.7 Å². The van der Waals surface area contributed by atoms with Crippen molar-refractivity contribution in [1.29, 1.82) is 0 Å². The molecule has 174 valence electrons. The average molecular weight is 457 g/mol. The summed E-state index contributed by atoms with van der Waals surface area (Å²) < 4.78 is 5.29. The molecule has 0 bridgehead atoms. The van der Waals surface area contributed by atoms with E-state index in [9.17, 15) is 9.59 Å². The van der Waals surface area contributed by atoms with Gasteiger partial charge in [0.2, 0.25) is 0 Å². The fourth-order valence-electron chi connectivity index (χ4n) is 4.74. The Hall–Kier alpha value is -3.87. The highest BCUT2D eigenvalue weighted by molar-refractivity contribution is 5.95. The number of hydrogen-bond donors (Lipinski definition) is 0. The molecule has 0 saturated carbocycles. The van der Waals surface area contributed by atoms with E-state index in [4.69, 9.17) is 4.74 Å². The monoisotopic (exact) mass is 456 g/mol. The zero-order chi connectivity index (χ0) is 23.7. The first-order chi connectivity index (χ1) is 16.5. The highest BCUT2D eigenvalue weighted by Crippen LogP contribution is 2.32. The number of aromatic nitrogens is 1. The van der Waals surface area contributed by atoms with Gasteiger partial charge in [-0.3, -0.25) is 9.69 Å². The summed E-state index contributed by atoms with van der Waals surface area (Å²) in [7, 11) is 0. The first kappa shape index (κ1) is 21.9. The van der Waals surface area contributed by atoms with Crippen molar-refractivity contribution in [3.63, 3.8) is 0 Å². The van der Waals surface area contributed by atoms with E-state index in [2.05, 4.69) is 41.9 Å². The maximum Gasteiger partial charge on any atom is 0.416 e. The van der Waals surface area contributed by atoms with Crippen LogP contribution in [0.4, 0.5) is 16.3 Å². The van der Waals surface area contributed by atoms with Gasteiger partial charge in [0.25, 0.3) is 5.91 Å². The Morgan fingerprint density at radius 1 is 0.971 bits per heavy atom. The third-order valence-corrected chi connectivity index (χ3v) is 6.56. The van der Waals surface area contributed by atoms with Gasteiger partial charge in [-0.25, -0.2) is 9.78 Å². The van der Waals surface area contributed by atoms with Gasteiger partial charge in [-0.15, -0.1) is 0 Å². The Bertz CT molecular complexity index is 1190. The summed E-state index contributed by atoms with van der Waals surface area (Å²) in [6.07, 6.45) is 1.13. The van der Waals surface area contributed by atoms with Crippen LogP contribution in [-0.2, 0) is 4.74 Å². The molecule has 0 aliphatic carbocycles. The molecule has 34 heavy (non-hydrogen) atoms. The van der Waals surface area contributed by atoms with Gasteiger partial charge in [0.1, 0.15) is 18.5 Å². The molecule has 3 heterocycles. The number of carbonyl (C=O) groups excluding carboxylic acids is 2. The number of piperazine rings is 1. The molecule has 0 spiro atoms. The number of amides is 2. The Morgan fingerprint density at radius 2 is 1.74 bits per heavy atom. The SMILES string of the molecule is Cc1ccc(N2CCN(C(=O)c3ccc(N4C(=O)OCC4c4ccccc4)nc3)CC2)c(C)c1. The molecule has 2 fully saturated rings. The van der Waals surface area contributed by atoms with Crippen LogP contribution in [0.25, 0.3) is 0 Å². The lowest BCUT2D eigenvalue weighted by Crippen LogP contribution is -2.49. The van der Waals surface area contributed by atoms with Gasteiger partial charge in [-0.05, 0) is 43.2 Å². The van der Waals surface area contributed by atoms with Crippen molar-refractivity contribution in [3.8, 4) is 0 Å². The molecule has 5 rings (SSSR count).